The van der Waals surface area contributed by atoms with Crippen molar-refractivity contribution < 1.29 is 25.8 Å². The van der Waals surface area contributed by atoms with Crippen molar-refractivity contribution in [3.05, 3.63) is 131 Å². The van der Waals surface area contributed by atoms with Crippen LogP contribution in [0, 0.1) is 19.1 Å². The van der Waals surface area contributed by atoms with Crippen LogP contribution < -0.4 is 4.74 Å². The fourth-order valence-corrected chi connectivity index (χ4v) is 6.56. The van der Waals surface area contributed by atoms with Gasteiger partial charge in [-0.05, 0) is 45.9 Å². The molecule has 5 nitrogen and oxygen atoms in total. The molecule has 0 N–H and O–H groups in total. The zero-order valence-electron chi connectivity index (χ0n) is 30.0. The first-order valence-electron chi connectivity index (χ1n) is 17.1. The van der Waals surface area contributed by atoms with E-state index in [0.29, 0.717) is 35.2 Å². The van der Waals surface area contributed by atoms with E-state index in [0.717, 1.165) is 28.3 Å². The molecule has 2 aromatic heterocycles. The van der Waals surface area contributed by atoms with Crippen LogP contribution in [0.15, 0.2) is 91.5 Å². The van der Waals surface area contributed by atoms with Crippen LogP contribution in [-0.2, 0) is 21.1 Å². The Morgan fingerprint density at radius 2 is 0.980 bits per heavy atom. The maximum absolute atomic E-state index is 6.49. The molecule has 6 aromatic rings. The molecule has 0 unspecified atom stereocenters. The van der Waals surface area contributed by atoms with Gasteiger partial charge in [-0.3, -0.25) is 9.97 Å². The number of nitrogens with zero attached hydrogens (tertiary/aromatic N) is 4. The maximum atomic E-state index is 6.49. The second kappa shape index (κ2) is 15.1. The van der Waals surface area contributed by atoms with Crippen molar-refractivity contribution in [3.8, 4) is 45.6 Å². The maximum Gasteiger partial charge on any atom is 2.00 e. The van der Waals surface area contributed by atoms with Gasteiger partial charge in [0.1, 0.15) is 0 Å². The number of aromatic nitrogens is 4. The average Bonchev–Trinajstić information content (AvgIpc) is 3.74. The Hall–Kier alpha value is -4.21. The predicted molar refractivity (Wildman–Crippen MR) is 197 cm³/mol. The Bertz CT molecular complexity index is 2000. The fourth-order valence-electron chi connectivity index (χ4n) is 6.56. The first-order chi connectivity index (χ1) is 23.0. The van der Waals surface area contributed by atoms with Crippen LogP contribution in [0.1, 0.15) is 107 Å². The summed E-state index contributed by atoms with van der Waals surface area (Å²) in [5, 5.41) is 0. The van der Waals surface area contributed by atoms with Gasteiger partial charge in [-0.15, -0.1) is 41.0 Å². The third-order valence-electron chi connectivity index (χ3n) is 8.91. The molecule has 2 heterocycles. The molecule has 0 aliphatic heterocycles. The SMILES string of the molecule is Cc1cc(Oc2[c-]c(-c3nccn3-c3c(C(C)C)cccc3C(C)C)ccc2)[c-]c(-c2nccn2-c2c(C(C)C)cccc2C(C)C)c1.[Pt+2]. The van der Waals surface area contributed by atoms with E-state index in [1.54, 1.807) is 0 Å². The molecule has 0 radical (unpaired) electrons. The number of imidazole rings is 2. The molecular weight excluding hydrogens is 784 g/mol. The van der Waals surface area contributed by atoms with E-state index in [9.17, 15) is 0 Å². The summed E-state index contributed by atoms with van der Waals surface area (Å²) in [4.78, 5) is 9.64. The molecule has 0 amide bonds. The standard InChI is InChI=1S/C43H46N4O.Pt/c1-27(2)36-15-11-16-37(28(3)4)40(36)46-21-19-44-42(46)32-13-10-14-34(25-32)48-35-24-31(9)23-33(26-35)43-45-20-22-47(43)41-38(29(5)6)17-12-18-39(41)30(7)8;/h10-24,27-30H,1-9H3;/q-2;+2. The van der Waals surface area contributed by atoms with Crippen molar-refractivity contribution in [2.45, 2.75) is 86.0 Å². The van der Waals surface area contributed by atoms with E-state index in [-0.39, 0.29) is 21.1 Å². The molecule has 254 valence electrons. The van der Waals surface area contributed by atoms with Gasteiger partial charge in [-0.2, -0.15) is 0 Å². The Morgan fingerprint density at radius 3 is 1.45 bits per heavy atom. The zero-order valence-corrected chi connectivity index (χ0v) is 32.3. The van der Waals surface area contributed by atoms with Crippen LogP contribution >= 0.6 is 0 Å². The van der Waals surface area contributed by atoms with Crippen LogP contribution in [0.3, 0.4) is 0 Å². The summed E-state index contributed by atoms with van der Waals surface area (Å²) in [6, 6.07) is 30.4. The van der Waals surface area contributed by atoms with Crippen LogP contribution in [0.5, 0.6) is 11.5 Å². The first-order valence-corrected chi connectivity index (χ1v) is 17.1. The van der Waals surface area contributed by atoms with Gasteiger partial charge in [0.25, 0.3) is 0 Å². The third-order valence-corrected chi connectivity index (χ3v) is 8.91. The van der Waals surface area contributed by atoms with E-state index >= 15 is 0 Å². The molecule has 0 saturated carbocycles. The molecular formula is C43H46N4OPt. The number of para-hydroxylation sites is 2. The van der Waals surface area contributed by atoms with Crippen molar-refractivity contribution in [2.75, 3.05) is 0 Å². The van der Waals surface area contributed by atoms with E-state index in [1.165, 1.54) is 33.6 Å². The smallest absolute Gasteiger partial charge is 0.497 e. The van der Waals surface area contributed by atoms with Crippen molar-refractivity contribution in [3.63, 3.8) is 0 Å². The van der Waals surface area contributed by atoms with Crippen molar-refractivity contribution in [1.82, 2.24) is 19.1 Å². The summed E-state index contributed by atoms with van der Waals surface area (Å²) < 4.78 is 10.9. The fraction of sp³-hybridized carbons (Fsp3) is 0.302. The average molecular weight is 830 g/mol. The molecule has 0 fully saturated rings. The topological polar surface area (TPSA) is 44.9 Å². The largest absolute Gasteiger partial charge is 2.00 e. The van der Waals surface area contributed by atoms with Gasteiger partial charge < -0.3 is 13.9 Å². The molecule has 6 rings (SSSR count). The van der Waals surface area contributed by atoms with E-state index < -0.39 is 0 Å². The monoisotopic (exact) mass is 829 g/mol. The first kappa shape index (κ1) is 36.1. The van der Waals surface area contributed by atoms with Crippen LogP contribution in [0.4, 0.5) is 0 Å². The molecule has 0 saturated heterocycles. The Balaban J connectivity index is 0.00000468. The second-order valence-electron chi connectivity index (χ2n) is 13.9. The molecule has 6 heteroatoms. The molecule has 0 atom stereocenters. The molecule has 0 aliphatic rings. The predicted octanol–water partition coefficient (Wildman–Crippen LogP) is 11.6. The van der Waals surface area contributed by atoms with Gasteiger partial charge >= 0.3 is 21.1 Å². The summed E-state index contributed by atoms with van der Waals surface area (Å²) in [6.07, 6.45) is 7.84. The molecule has 0 bridgehead atoms. The summed E-state index contributed by atoms with van der Waals surface area (Å²) >= 11 is 0. The van der Waals surface area contributed by atoms with Gasteiger partial charge in [0.05, 0.1) is 11.6 Å². The molecule has 49 heavy (non-hydrogen) atoms. The van der Waals surface area contributed by atoms with Gasteiger partial charge in [-0.25, -0.2) is 0 Å². The Kier molecular flexibility index (Phi) is 11.1. The summed E-state index contributed by atoms with van der Waals surface area (Å²) in [6.45, 7) is 20.0. The van der Waals surface area contributed by atoms with E-state index in [4.69, 9.17) is 14.7 Å². The molecule has 0 spiro atoms. The number of aryl methyl sites for hydroxylation is 1. The number of ether oxygens (including phenoxy) is 1. The minimum Gasteiger partial charge on any atom is -0.497 e. The molecule has 0 aliphatic carbocycles. The van der Waals surface area contributed by atoms with Gasteiger partial charge in [0.15, 0.2) is 0 Å². The number of benzene rings is 4. The third kappa shape index (κ3) is 7.38. The van der Waals surface area contributed by atoms with Crippen molar-refractivity contribution >= 4 is 0 Å². The minimum absolute atomic E-state index is 0. The Morgan fingerprint density at radius 1 is 0.551 bits per heavy atom. The normalized spacial score (nSPS) is 11.5. The van der Waals surface area contributed by atoms with Crippen LogP contribution in [-0.4, -0.2) is 19.1 Å². The van der Waals surface area contributed by atoms with Crippen molar-refractivity contribution in [1.29, 1.82) is 0 Å². The van der Waals surface area contributed by atoms with E-state index in [1.807, 2.05) is 36.7 Å². The number of rotatable bonds is 10. The Labute approximate surface area is 306 Å². The van der Waals surface area contributed by atoms with Gasteiger partial charge in [-0.1, -0.05) is 117 Å². The summed E-state index contributed by atoms with van der Waals surface area (Å²) in [5.74, 6) is 4.35. The van der Waals surface area contributed by atoms with Crippen LogP contribution in [0.2, 0.25) is 0 Å². The second-order valence-corrected chi connectivity index (χ2v) is 13.9. The molecule has 4 aromatic carbocycles. The van der Waals surface area contributed by atoms with Gasteiger partial charge in [0, 0.05) is 47.7 Å². The zero-order chi connectivity index (χ0) is 34.1. The number of hydrogen-bond acceptors (Lipinski definition) is 3. The summed E-state index contributed by atoms with van der Waals surface area (Å²) in [7, 11) is 0. The van der Waals surface area contributed by atoms with Crippen LogP contribution in [0.25, 0.3) is 34.2 Å². The van der Waals surface area contributed by atoms with Crippen molar-refractivity contribution in [2.24, 2.45) is 0 Å². The quantitative estimate of drug-likeness (QED) is 0.129. The minimum atomic E-state index is 0. The van der Waals surface area contributed by atoms with Gasteiger partial charge in [0.2, 0.25) is 0 Å². The van der Waals surface area contributed by atoms with E-state index in [2.05, 4.69) is 138 Å². The number of hydrogen-bond donors (Lipinski definition) is 0. The summed E-state index contributed by atoms with van der Waals surface area (Å²) in [5.41, 5.74) is 10.4.